The Morgan fingerprint density at radius 3 is 1.82 bits per heavy atom. The van der Waals surface area contributed by atoms with Crippen molar-refractivity contribution in [2.75, 3.05) is 19.4 Å². The van der Waals surface area contributed by atoms with Gasteiger partial charge in [-0.25, -0.2) is 0 Å². The van der Waals surface area contributed by atoms with Crippen molar-refractivity contribution >= 4 is 18.1 Å². The topological polar surface area (TPSA) is 38.0 Å². The number of nitrogens with two attached hydrogens (primary N) is 1. The Labute approximate surface area is 74.2 Å². The number of hydrogen-bond acceptors (Lipinski definition) is 2. The second kappa shape index (κ2) is 9.27. The molecule has 0 fully saturated rings. The minimum atomic E-state index is 0. The van der Waals surface area contributed by atoms with Gasteiger partial charge in [0.2, 0.25) is 0 Å². The molecule has 0 unspecified atom stereocenters. The Morgan fingerprint density at radius 2 is 1.55 bits per heavy atom. The molecule has 0 aromatic heterocycles. The van der Waals surface area contributed by atoms with E-state index in [-0.39, 0.29) is 12.4 Å². The summed E-state index contributed by atoms with van der Waals surface area (Å²) in [7, 11) is 3.41. The predicted molar refractivity (Wildman–Crippen MR) is 53.3 cm³/mol. The van der Waals surface area contributed by atoms with Crippen molar-refractivity contribution < 1.29 is 0 Å². The van der Waals surface area contributed by atoms with Crippen LogP contribution in [0.15, 0.2) is 30.3 Å². The summed E-state index contributed by atoms with van der Waals surface area (Å²) in [6.07, 6.45) is 0. The van der Waals surface area contributed by atoms with Crippen LogP contribution in [0.3, 0.4) is 0 Å². The van der Waals surface area contributed by atoms with E-state index in [1.807, 2.05) is 37.4 Å². The maximum absolute atomic E-state index is 4.50. The van der Waals surface area contributed by atoms with Crippen molar-refractivity contribution in [3.63, 3.8) is 0 Å². The van der Waals surface area contributed by atoms with Crippen LogP contribution in [0.4, 0.5) is 5.69 Å². The SMILES string of the molecule is CN.CNc1ccccc1.Cl. The van der Waals surface area contributed by atoms with Crippen molar-refractivity contribution in [2.45, 2.75) is 0 Å². The van der Waals surface area contributed by atoms with Gasteiger partial charge in [-0.05, 0) is 19.2 Å². The zero-order valence-electron chi connectivity index (χ0n) is 6.87. The number of halogens is 1. The maximum atomic E-state index is 4.50. The average molecular weight is 175 g/mol. The summed E-state index contributed by atoms with van der Waals surface area (Å²) in [5, 5.41) is 3.03. The van der Waals surface area contributed by atoms with Crippen molar-refractivity contribution in [3.8, 4) is 0 Å². The molecule has 0 atom stereocenters. The van der Waals surface area contributed by atoms with Crippen molar-refractivity contribution in [1.82, 2.24) is 0 Å². The lowest BCUT2D eigenvalue weighted by Gasteiger charge is -1.94. The third kappa shape index (κ3) is 5.70. The molecule has 0 aliphatic rings. The minimum absolute atomic E-state index is 0. The Hall–Kier alpha value is -0.730. The van der Waals surface area contributed by atoms with Crippen LogP contribution in [-0.4, -0.2) is 14.1 Å². The Balaban J connectivity index is 0. The van der Waals surface area contributed by atoms with Crippen LogP contribution in [0.2, 0.25) is 0 Å². The van der Waals surface area contributed by atoms with Gasteiger partial charge in [-0.2, -0.15) is 0 Å². The number of anilines is 1. The number of para-hydroxylation sites is 1. The first-order valence-corrected chi connectivity index (χ1v) is 3.24. The van der Waals surface area contributed by atoms with Crippen LogP contribution >= 0.6 is 12.4 Å². The quantitative estimate of drug-likeness (QED) is 0.681. The fraction of sp³-hybridized carbons (Fsp3) is 0.250. The van der Waals surface area contributed by atoms with Crippen molar-refractivity contribution in [1.29, 1.82) is 0 Å². The van der Waals surface area contributed by atoms with E-state index in [2.05, 4.69) is 11.1 Å². The lowest BCUT2D eigenvalue weighted by atomic mass is 10.3. The molecule has 3 heteroatoms. The first-order chi connectivity index (χ1) is 4.93. The molecule has 3 N–H and O–H groups in total. The summed E-state index contributed by atoms with van der Waals surface area (Å²) in [5.74, 6) is 0. The van der Waals surface area contributed by atoms with Crippen LogP contribution in [0.5, 0.6) is 0 Å². The second-order valence-corrected chi connectivity index (χ2v) is 1.62. The number of rotatable bonds is 1. The Kier molecular flexibility index (Phi) is 10.9. The van der Waals surface area contributed by atoms with Gasteiger partial charge in [-0.15, -0.1) is 12.4 Å². The molecule has 0 saturated carbocycles. The Bertz CT molecular complexity index is 153. The molecule has 0 spiro atoms. The standard InChI is InChI=1S/C7H9N.CH5N.ClH/c1-8-7-5-3-2-4-6-7;1-2;/h2-6,8H,1H3;2H2,1H3;1H. The highest BCUT2D eigenvalue weighted by Gasteiger charge is 1.77. The van der Waals surface area contributed by atoms with Crippen LogP contribution in [0.25, 0.3) is 0 Å². The largest absolute Gasteiger partial charge is 0.388 e. The molecule has 2 nitrogen and oxygen atoms in total. The lowest BCUT2D eigenvalue weighted by molar-refractivity contribution is 1.48. The number of benzene rings is 1. The van der Waals surface area contributed by atoms with E-state index in [9.17, 15) is 0 Å². The van der Waals surface area contributed by atoms with Gasteiger partial charge in [0.1, 0.15) is 0 Å². The zero-order valence-corrected chi connectivity index (χ0v) is 7.69. The van der Waals surface area contributed by atoms with Gasteiger partial charge in [-0.1, -0.05) is 18.2 Å². The minimum Gasteiger partial charge on any atom is -0.388 e. The molecule has 1 rings (SSSR count). The summed E-state index contributed by atoms with van der Waals surface area (Å²) in [6.45, 7) is 0. The molecule has 11 heavy (non-hydrogen) atoms. The van der Waals surface area contributed by atoms with Gasteiger partial charge in [0, 0.05) is 12.7 Å². The molecule has 1 aromatic rings. The van der Waals surface area contributed by atoms with E-state index in [1.54, 1.807) is 0 Å². The summed E-state index contributed by atoms with van der Waals surface area (Å²) < 4.78 is 0. The molecular weight excluding hydrogens is 160 g/mol. The summed E-state index contributed by atoms with van der Waals surface area (Å²) in [6, 6.07) is 10.1. The van der Waals surface area contributed by atoms with E-state index in [0.717, 1.165) is 5.69 Å². The fourth-order valence-electron chi connectivity index (χ4n) is 0.605. The summed E-state index contributed by atoms with van der Waals surface area (Å²) in [5.41, 5.74) is 5.66. The molecule has 0 bridgehead atoms. The number of hydrogen-bond donors (Lipinski definition) is 2. The maximum Gasteiger partial charge on any atom is 0.0337 e. The molecule has 64 valence electrons. The van der Waals surface area contributed by atoms with Gasteiger partial charge >= 0.3 is 0 Å². The highest BCUT2D eigenvalue weighted by Crippen LogP contribution is 2.01. The molecule has 0 aliphatic heterocycles. The first kappa shape index (κ1) is 12.9. The lowest BCUT2D eigenvalue weighted by Crippen LogP contribution is -1.84. The zero-order chi connectivity index (χ0) is 7.82. The van der Waals surface area contributed by atoms with Crippen LogP contribution in [0.1, 0.15) is 0 Å². The average Bonchev–Trinajstić information content (AvgIpc) is 2.10. The third-order valence-corrected chi connectivity index (χ3v) is 1.06. The van der Waals surface area contributed by atoms with Gasteiger partial charge < -0.3 is 11.1 Å². The van der Waals surface area contributed by atoms with Gasteiger partial charge in [0.05, 0.1) is 0 Å². The highest BCUT2D eigenvalue weighted by molar-refractivity contribution is 5.85. The van der Waals surface area contributed by atoms with E-state index >= 15 is 0 Å². The van der Waals surface area contributed by atoms with Gasteiger partial charge in [-0.3, -0.25) is 0 Å². The second-order valence-electron chi connectivity index (χ2n) is 1.62. The predicted octanol–water partition coefficient (Wildman–Crippen LogP) is 1.72. The summed E-state index contributed by atoms with van der Waals surface area (Å²) in [4.78, 5) is 0. The number of nitrogens with one attached hydrogen (secondary N) is 1. The van der Waals surface area contributed by atoms with Crippen molar-refractivity contribution in [3.05, 3.63) is 30.3 Å². The third-order valence-electron chi connectivity index (χ3n) is 1.06. The monoisotopic (exact) mass is 174 g/mol. The Morgan fingerprint density at radius 1 is 1.09 bits per heavy atom. The molecule has 0 amide bonds. The van der Waals surface area contributed by atoms with E-state index in [4.69, 9.17) is 0 Å². The normalized spacial score (nSPS) is 6.82. The van der Waals surface area contributed by atoms with Crippen LogP contribution in [0, 0.1) is 0 Å². The van der Waals surface area contributed by atoms with Gasteiger partial charge in [0.25, 0.3) is 0 Å². The molecule has 0 radical (unpaired) electrons. The van der Waals surface area contributed by atoms with Crippen LogP contribution < -0.4 is 11.1 Å². The molecule has 0 aliphatic carbocycles. The van der Waals surface area contributed by atoms with Crippen molar-refractivity contribution in [2.24, 2.45) is 5.73 Å². The molecule has 0 saturated heterocycles. The van der Waals surface area contributed by atoms with E-state index < -0.39 is 0 Å². The van der Waals surface area contributed by atoms with E-state index in [0.29, 0.717) is 0 Å². The molecular formula is C8H15ClN2. The van der Waals surface area contributed by atoms with Gasteiger partial charge in [0.15, 0.2) is 0 Å². The van der Waals surface area contributed by atoms with E-state index in [1.165, 1.54) is 7.05 Å². The molecule has 1 aromatic carbocycles. The highest BCUT2D eigenvalue weighted by atomic mass is 35.5. The smallest absolute Gasteiger partial charge is 0.0337 e. The first-order valence-electron chi connectivity index (χ1n) is 3.24. The summed E-state index contributed by atoms with van der Waals surface area (Å²) >= 11 is 0. The van der Waals surface area contributed by atoms with Crippen LogP contribution in [-0.2, 0) is 0 Å². The molecule has 0 heterocycles. The fourth-order valence-corrected chi connectivity index (χ4v) is 0.605.